The van der Waals surface area contributed by atoms with Gasteiger partial charge in [0.1, 0.15) is 0 Å². The quantitative estimate of drug-likeness (QED) is 0.888. The molecule has 0 aliphatic heterocycles. The minimum Gasteiger partial charge on any atom is -0.346 e. The lowest BCUT2D eigenvalue weighted by molar-refractivity contribution is -0.127. The fourth-order valence-corrected chi connectivity index (χ4v) is 2.97. The zero-order chi connectivity index (χ0) is 14.8. The van der Waals surface area contributed by atoms with Crippen LogP contribution in [0.25, 0.3) is 0 Å². The molecule has 1 atom stereocenters. The number of nitrogens with zero attached hydrogens (tertiary/aromatic N) is 3. The molecule has 1 fully saturated rings. The van der Waals surface area contributed by atoms with Gasteiger partial charge >= 0.3 is 0 Å². The van der Waals surface area contributed by atoms with E-state index in [2.05, 4.69) is 46.7 Å². The Hall–Kier alpha value is -1.46. The predicted molar refractivity (Wildman–Crippen MR) is 75.6 cm³/mol. The molecule has 6 nitrogen and oxygen atoms in total. The van der Waals surface area contributed by atoms with Gasteiger partial charge in [0, 0.05) is 5.92 Å². The summed E-state index contributed by atoms with van der Waals surface area (Å²) in [5.74, 6) is 1.50. The Morgan fingerprint density at radius 1 is 1.30 bits per heavy atom. The lowest BCUT2D eigenvalue weighted by atomic mass is 9.69. The average Bonchev–Trinajstić information content (AvgIpc) is 2.91. The molecule has 6 heteroatoms. The van der Waals surface area contributed by atoms with E-state index >= 15 is 0 Å². The summed E-state index contributed by atoms with van der Waals surface area (Å²) in [5, 5.41) is 16.7. The van der Waals surface area contributed by atoms with E-state index < -0.39 is 0 Å². The number of carbonyl (C=O) groups is 1. The molecule has 1 amide bonds. The molecule has 0 spiro atoms. The number of rotatable bonds is 3. The van der Waals surface area contributed by atoms with Gasteiger partial charge in [-0.05, 0) is 43.9 Å². The van der Waals surface area contributed by atoms with E-state index in [1.54, 1.807) is 0 Å². The van der Waals surface area contributed by atoms with Crippen molar-refractivity contribution in [3.05, 3.63) is 5.82 Å². The Morgan fingerprint density at radius 2 is 1.95 bits per heavy atom. The molecule has 0 aromatic carbocycles. The van der Waals surface area contributed by atoms with Crippen LogP contribution in [0.1, 0.15) is 65.2 Å². The van der Waals surface area contributed by atoms with Gasteiger partial charge in [-0.15, -0.1) is 10.2 Å². The highest BCUT2D eigenvalue weighted by Gasteiger charge is 2.32. The van der Waals surface area contributed by atoms with Crippen molar-refractivity contribution in [3.8, 4) is 0 Å². The number of amides is 1. The van der Waals surface area contributed by atoms with Gasteiger partial charge in [0.2, 0.25) is 5.91 Å². The summed E-state index contributed by atoms with van der Waals surface area (Å²) >= 11 is 0. The minimum atomic E-state index is -0.193. The van der Waals surface area contributed by atoms with Crippen molar-refractivity contribution in [1.29, 1.82) is 0 Å². The Morgan fingerprint density at radius 3 is 2.45 bits per heavy atom. The Bertz CT molecular complexity index is 429. The monoisotopic (exact) mass is 279 g/mol. The summed E-state index contributed by atoms with van der Waals surface area (Å²) in [6.45, 7) is 8.74. The molecule has 1 unspecified atom stereocenters. The van der Waals surface area contributed by atoms with E-state index in [0.717, 1.165) is 31.6 Å². The maximum Gasteiger partial charge on any atom is 0.223 e. The van der Waals surface area contributed by atoms with E-state index in [-0.39, 0.29) is 17.9 Å². The number of aromatic nitrogens is 4. The van der Waals surface area contributed by atoms with Gasteiger partial charge < -0.3 is 5.32 Å². The molecule has 1 aliphatic rings. The topological polar surface area (TPSA) is 83.6 Å². The predicted octanol–water partition coefficient (Wildman–Crippen LogP) is 2.23. The molecule has 1 saturated carbocycles. The van der Waals surface area contributed by atoms with E-state index in [4.69, 9.17) is 0 Å². The second-order valence-electron chi connectivity index (χ2n) is 6.91. The first-order valence-corrected chi connectivity index (χ1v) is 7.41. The first-order chi connectivity index (χ1) is 9.38. The number of aromatic amines is 1. The van der Waals surface area contributed by atoms with Crippen LogP contribution in [-0.4, -0.2) is 26.5 Å². The molecule has 0 bridgehead atoms. The first-order valence-electron chi connectivity index (χ1n) is 7.41. The van der Waals surface area contributed by atoms with E-state index in [1.807, 2.05) is 6.92 Å². The lowest BCUT2D eigenvalue weighted by Crippen LogP contribution is -2.36. The van der Waals surface area contributed by atoms with Crippen LogP contribution < -0.4 is 5.32 Å². The van der Waals surface area contributed by atoms with Crippen molar-refractivity contribution in [2.45, 2.75) is 59.4 Å². The van der Waals surface area contributed by atoms with E-state index in [0.29, 0.717) is 11.2 Å². The minimum absolute atomic E-state index is 0.120. The third kappa shape index (κ3) is 3.55. The van der Waals surface area contributed by atoms with Gasteiger partial charge in [-0.1, -0.05) is 26.0 Å². The summed E-state index contributed by atoms with van der Waals surface area (Å²) in [4.78, 5) is 12.3. The van der Waals surface area contributed by atoms with Gasteiger partial charge in [0.15, 0.2) is 5.82 Å². The molecule has 0 radical (unpaired) electrons. The normalized spacial score (nSPS) is 25.2. The molecule has 1 heterocycles. The van der Waals surface area contributed by atoms with Crippen molar-refractivity contribution < 1.29 is 4.79 Å². The molecule has 2 N–H and O–H groups in total. The summed E-state index contributed by atoms with van der Waals surface area (Å²) in [6, 6.07) is -0.193. The van der Waals surface area contributed by atoms with Crippen molar-refractivity contribution in [3.63, 3.8) is 0 Å². The van der Waals surface area contributed by atoms with Gasteiger partial charge in [-0.3, -0.25) is 4.79 Å². The number of hydrogen-bond donors (Lipinski definition) is 2. The highest BCUT2D eigenvalue weighted by Crippen LogP contribution is 2.39. The third-order valence-electron chi connectivity index (χ3n) is 4.43. The Kier molecular flexibility index (Phi) is 4.40. The van der Waals surface area contributed by atoms with Crippen molar-refractivity contribution in [2.24, 2.45) is 17.3 Å². The molecular formula is C14H25N5O. The summed E-state index contributed by atoms with van der Waals surface area (Å²) < 4.78 is 0. The standard InChI is InChI=1S/C14H25N5O/c1-9(12-16-18-19-17-12)15-13(20)10-5-7-11(8-6-10)14(2,3)4/h9-11H,5-8H2,1-4H3,(H,15,20)(H,16,17,18,19). The summed E-state index contributed by atoms with van der Waals surface area (Å²) in [7, 11) is 0. The van der Waals surface area contributed by atoms with Crippen LogP contribution in [0, 0.1) is 17.3 Å². The molecule has 20 heavy (non-hydrogen) atoms. The van der Waals surface area contributed by atoms with E-state index in [1.165, 1.54) is 0 Å². The average molecular weight is 279 g/mol. The van der Waals surface area contributed by atoms with Gasteiger partial charge in [0.05, 0.1) is 6.04 Å². The molecule has 1 aromatic heterocycles. The van der Waals surface area contributed by atoms with Crippen molar-refractivity contribution >= 4 is 5.91 Å². The van der Waals surface area contributed by atoms with Crippen LogP contribution in [-0.2, 0) is 4.79 Å². The highest BCUT2D eigenvalue weighted by molar-refractivity contribution is 5.79. The first kappa shape index (κ1) is 14.9. The van der Waals surface area contributed by atoms with Crippen LogP contribution in [0.4, 0.5) is 0 Å². The number of carbonyl (C=O) groups excluding carboxylic acids is 1. The number of H-pyrrole nitrogens is 1. The van der Waals surface area contributed by atoms with Crippen LogP contribution in [0.5, 0.6) is 0 Å². The fourth-order valence-electron chi connectivity index (χ4n) is 2.97. The van der Waals surface area contributed by atoms with Gasteiger partial charge in [0.25, 0.3) is 0 Å². The second-order valence-corrected chi connectivity index (χ2v) is 6.91. The van der Waals surface area contributed by atoms with Gasteiger partial charge in [-0.2, -0.15) is 5.21 Å². The zero-order valence-electron chi connectivity index (χ0n) is 12.8. The van der Waals surface area contributed by atoms with Crippen LogP contribution >= 0.6 is 0 Å². The van der Waals surface area contributed by atoms with Gasteiger partial charge in [-0.25, -0.2) is 0 Å². The van der Waals surface area contributed by atoms with Crippen LogP contribution in [0.3, 0.4) is 0 Å². The largest absolute Gasteiger partial charge is 0.346 e. The van der Waals surface area contributed by atoms with Crippen molar-refractivity contribution in [2.75, 3.05) is 0 Å². The SMILES string of the molecule is CC(NC(=O)C1CCC(C(C)(C)C)CC1)c1nn[nH]n1. The lowest BCUT2D eigenvalue weighted by Gasteiger charge is -2.36. The van der Waals surface area contributed by atoms with Crippen LogP contribution in [0.2, 0.25) is 0 Å². The number of nitrogens with one attached hydrogen (secondary N) is 2. The molecular weight excluding hydrogens is 254 g/mol. The Balaban J connectivity index is 1.83. The smallest absolute Gasteiger partial charge is 0.223 e. The fraction of sp³-hybridized carbons (Fsp3) is 0.857. The summed E-state index contributed by atoms with van der Waals surface area (Å²) in [5.41, 5.74) is 0.347. The zero-order valence-corrected chi connectivity index (χ0v) is 12.8. The van der Waals surface area contributed by atoms with Crippen molar-refractivity contribution in [1.82, 2.24) is 25.9 Å². The Labute approximate surface area is 120 Å². The maximum absolute atomic E-state index is 12.3. The maximum atomic E-state index is 12.3. The third-order valence-corrected chi connectivity index (χ3v) is 4.43. The number of tetrazole rings is 1. The highest BCUT2D eigenvalue weighted by atomic mass is 16.1. The summed E-state index contributed by atoms with van der Waals surface area (Å²) in [6.07, 6.45) is 4.23. The molecule has 2 rings (SSSR count). The molecule has 1 aromatic rings. The van der Waals surface area contributed by atoms with Crippen LogP contribution in [0.15, 0.2) is 0 Å². The molecule has 112 valence electrons. The van der Waals surface area contributed by atoms with E-state index in [9.17, 15) is 4.79 Å². The molecule has 0 saturated heterocycles. The number of hydrogen-bond acceptors (Lipinski definition) is 4. The molecule has 1 aliphatic carbocycles. The second kappa shape index (κ2) is 5.89.